The Hall–Kier alpha value is -2.66. The van der Waals surface area contributed by atoms with E-state index in [4.69, 9.17) is 11.6 Å². The number of carbonyl (C=O) groups excluding carboxylic acids is 1. The largest absolute Gasteiger partial charge is 0.337 e. The molecule has 1 aliphatic rings. The maximum atomic E-state index is 14.7. The van der Waals surface area contributed by atoms with Crippen LogP contribution in [0, 0.1) is 12.7 Å². The molecule has 0 unspecified atom stereocenters. The van der Waals surface area contributed by atoms with Crippen LogP contribution in [-0.4, -0.2) is 61.9 Å². The number of aryl methyl sites for hydroxylation is 1. The Morgan fingerprint density at radius 3 is 2.73 bits per heavy atom. The Labute approximate surface area is 232 Å². The van der Waals surface area contributed by atoms with E-state index in [2.05, 4.69) is 36.1 Å². The van der Waals surface area contributed by atoms with E-state index in [0.29, 0.717) is 54.4 Å². The summed E-state index contributed by atoms with van der Waals surface area (Å²) in [6.45, 7) is 6.07. The van der Waals surface area contributed by atoms with Crippen LogP contribution in [-0.2, 0) is 13.1 Å². The van der Waals surface area contributed by atoms with Gasteiger partial charge in [0, 0.05) is 53.8 Å². The van der Waals surface area contributed by atoms with E-state index in [1.165, 1.54) is 6.07 Å². The average Bonchev–Trinajstić information content (AvgIpc) is 3.35. The number of nitrogens with zero attached hydrogens (tertiary/aromatic N) is 6. The Bertz CT molecular complexity index is 1430. The molecule has 2 aromatic heterocycles. The van der Waals surface area contributed by atoms with Gasteiger partial charge in [-0.05, 0) is 59.1 Å². The number of rotatable bonds is 6. The molecule has 192 valence electrons. The van der Waals surface area contributed by atoms with Gasteiger partial charge in [-0.2, -0.15) is 0 Å². The van der Waals surface area contributed by atoms with Gasteiger partial charge in [0.05, 0.1) is 24.1 Å². The Morgan fingerprint density at radius 2 is 1.95 bits per heavy atom. The normalized spacial score (nSPS) is 14.6. The average molecular weight is 604 g/mol. The van der Waals surface area contributed by atoms with E-state index in [1.54, 1.807) is 35.6 Å². The quantitative estimate of drug-likeness (QED) is 0.285. The molecular formula is C26H25BrClFN6OS. The molecule has 1 fully saturated rings. The van der Waals surface area contributed by atoms with E-state index in [1.807, 2.05) is 34.8 Å². The number of thiazole rings is 1. The molecule has 0 N–H and O–H groups in total. The molecule has 1 saturated heterocycles. The molecule has 1 aliphatic heterocycles. The smallest absolute Gasteiger partial charge is 0.254 e. The number of benzene rings is 2. The Morgan fingerprint density at radius 1 is 1.11 bits per heavy atom. The van der Waals surface area contributed by atoms with Crippen molar-refractivity contribution in [1.29, 1.82) is 0 Å². The van der Waals surface area contributed by atoms with Gasteiger partial charge in [-0.1, -0.05) is 35.0 Å². The first-order valence-corrected chi connectivity index (χ1v) is 13.9. The monoisotopic (exact) mass is 602 g/mol. The van der Waals surface area contributed by atoms with Crippen molar-refractivity contribution in [3.8, 4) is 11.1 Å². The van der Waals surface area contributed by atoms with Gasteiger partial charge in [0.25, 0.3) is 5.91 Å². The van der Waals surface area contributed by atoms with Gasteiger partial charge in [0.1, 0.15) is 5.82 Å². The van der Waals surface area contributed by atoms with Crippen LogP contribution >= 0.6 is 38.9 Å². The van der Waals surface area contributed by atoms with E-state index >= 15 is 0 Å². The van der Waals surface area contributed by atoms with Crippen LogP contribution in [0.1, 0.15) is 33.0 Å². The number of halogens is 3. The summed E-state index contributed by atoms with van der Waals surface area (Å²) in [6.07, 6.45) is 2.79. The number of carbonyl (C=O) groups is 1. The molecular weight excluding hydrogens is 579 g/mol. The fourth-order valence-corrected chi connectivity index (χ4v) is 6.26. The van der Waals surface area contributed by atoms with Crippen LogP contribution < -0.4 is 0 Å². The van der Waals surface area contributed by atoms with E-state index in [-0.39, 0.29) is 5.91 Å². The van der Waals surface area contributed by atoms with Gasteiger partial charge in [-0.15, -0.1) is 16.4 Å². The molecule has 3 heterocycles. The number of hydrogen-bond donors (Lipinski definition) is 0. The highest BCUT2D eigenvalue weighted by molar-refractivity contribution is 9.11. The Balaban J connectivity index is 1.24. The van der Waals surface area contributed by atoms with Crippen molar-refractivity contribution in [3.63, 3.8) is 0 Å². The molecule has 11 heteroatoms. The molecule has 0 bridgehead atoms. The van der Waals surface area contributed by atoms with Gasteiger partial charge >= 0.3 is 0 Å². The molecule has 37 heavy (non-hydrogen) atoms. The van der Waals surface area contributed by atoms with Crippen molar-refractivity contribution in [2.24, 2.45) is 0 Å². The van der Waals surface area contributed by atoms with E-state index in [0.717, 1.165) is 33.1 Å². The minimum atomic E-state index is -0.444. The number of aromatic nitrogens is 4. The summed E-state index contributed by atoms with van der Waals surface area (Å²) in [6, 6.07) is 11.7. The summed E-state index contributed by atoms with van der Waals surface area (Å²) in [4.78, 5) is 23.3. The predicted molar refractivity (Wildman–Crippen MR) is 146 cm³/mol. The van der Waals surface area contributed by atoms with E-state index < -0.39 is 5.82 Å². The van der Waals surface area contributed by atoms with Gasteiger partial charge in [-0.3, -0.25) is 9.69 Å². The highest BCUT2D eigenvalue weighted by atomic mass is 79.9. The van der Waals surface area contributed by atoms with Crippen molar-refractivity contribution in [1.82, 2.24) is 29.8 Å². The van der Waals surface area contributed by atoms with Crippen molar-refractivity contribution >= 4 is 44.8 Å². The lowest BCUT2D eigenvalue weighted by Crippen LogP contribution is -2.35. The molecule has 0 atom stereocenters. The third kappa shape index (κ3) is 6.09. The Kier molecular flexibility index (Phi) is 7.99. The summed E-state index contributed by atoms with van der Waals surface area (Å²) in [7, 11) is 0. The first kappa shape index (κ1) is 26.0. The van der Waals surface area contributed by atoms with Gasteiger partial charge in [-0.25, -0.2) is 14.1 Å². The zero-order chi connectivity index (χ0) is 25.9. The molecule has 0 saturated carbocycles. The minimum Gasteiger partial charge on any atom is -0.337 e. The summed E-state index contributed by atoms with van der Waals surface area (Å²) >= 11 is 11.0. The molecule has 4 aromatic rings. The maximum absolute atomic E-state index is 14.7. The number of amides is 1. The second-order valence-electron chi connectivity index (χ2n) is 8.97. The zero-order valence-corrected chi connectivity index (χ0v) is 23.4. The van der Waals surface area contributed by atoms with Crippen LogP contribution in [0.5, 0.6) is 0 Å². The van der Waals surface area contributed by atoms with Gasteiger partial charge < -0.3 is 4.90 Å². The van der Waals surface area contributed by atoms with Crippen molar-refractivity contribution in [2.45, 2.75) is 26.4 Å². The molecule has 7 nitrogen and oxygen atoms in total. The van der Waals surface area contributed by atoms with E-state index in [9.17, 15) is 9.18 Å². The lowest BCUT2D eigenvalue weighted by atomic mass is 9.98. The van der Waals surface area contributed by atoms with Crippen LogP contribution in [0.3, 0.4) is 0 Å². The topological polar surface area (TPSA) is 67.2 Å². The molecule has 0 aliphatic carbocycles. The molecule has 5 rings (SSSR count). The van der Waals surface area contributed by atoms with Crippen LogP contribution in [0.25, 0.3) is 11.1 Å². The SMILES string of the molecule is Cc1sc(Br)nc1Cn1cc(CN2CCCN(C(=O)c3ccccc3-c3ccc(Cl)cc3F)CC2)nn1. The fraction of sp³-hybridized carbons (Fsp3) is 0.308. The summed E-state index contributed by atoms with van der Waals surface area (Å²) in [5, 5.41) is 8.94. The second-order valence-corrected chi connectivity index (χ2v) is 11.9. The number of hydrogen-bond acceptors (Lipinski definition) is 6. The van der Waals surface area contributed by atoms with Crippen LogP contribution in [0.4, 0.5) is 4.39 Å². The van der Waals surface area contributed by atoms with Crippen LogP contribution in [0.2, 0.25) is 5.02 Å². The fourth-order valence-electron chi connectivity index (χ4n) is 4.53. The summed E-state index contributed by atoms with van der Waals surface area (Å²) < 4.78 is 17.3. The first-order chi connectivity index (χ1) is 17.9. The minimum absolute atomic E-state index is 0.0949. The lowest BCUT2D eigenvalue weighted by Gasteiger charge is -2.23. The summed E-state index contributed by atoms with van der Waals surface area (Å²) in [5.41, 5.74) is 3.30. The van der Waals surface area contributed by atoms with Gasteiger partial charge in [0.15, 0.2) is 3.92 Å². The first-order valence-electron chi connectivity index (χ1n) is 11.9. The van der Waals surface area contributed by atoms with Crippen molar-refractivity contribution in [3.05, 3.63) is 85.2 Å². The highest BCUT2D eigenvalue weighted by Gasteiger charge is 2.24. The predicted octanol–water partition coefficient (Wildman–Crippen LogP) is 5.66. The maximum Gasteiger partial charge on any atom is 0.254 e. The van der Waals surface area contributed by atoms with Gasteiger partial charge in [0.2, 0.25) is 0 Å². The highest BCUT2D eigenvalue weighted by Crippen LogP contribution is 2.29. The summed E-state index contributed by atoms with van der Waals surface area (Å²) in [5.74, 6) is -0.539. The third-order valence-electron chi connectivity index (χ3n) is 6.40. The molecule has 1 amide bonds. The third-order valence-corrected chi connectivity index (χ3v) is 8.10. The standard InChI is InChI=1S/C26H25BrClFN6OS/c1-17-24(30-26(27)37-17)16-35-15-19(31-32-35)14-33-9-4-10-34(12-11-33)25(36)22-6-3-2-5-20(22)21-8-7-18(28)13-23(21)29/h2-3,5-8,13,15H,4,9-12,14,16H2,1H3. The zero-order valence-electron chi connectivity index (χ0n) is 20.2. The lowest BCUT2D eigenvalue weighted by molar-refractivity contribution is 0.0762. The van der Waals surface area contributed by atoms with Crippen molar-refractivity contribution in [2.75, 3.05) is 26.2 Å². The molecule has 2 aromatic carbocycles. The molecule has 0 spiro atoms. The van der Waals surface area contributed by atoms with Crippen LogP contribution in [0.15, 0.2) is 52.6 Å². The van der Waals surface area contributed by atoms with Crippen molar-refractivity contribution < 1.29 is 9.18 Å². The molecule has 0 radical (unpaired) electrons. The second kappa shape index (κ2) is 11.4.